The zero-order valence-electron chi connectivity index (χ0n) is 13.7. The van der Waals surface area contributed by atoms with E-state index in [1.165, 1.54) is 28.0 Å². The summed E-state index contributed by atoms with van der Waals surface area (Å²) >= 11 is 2.24. The van der Waals surface area contributed by atoms with Crippen LogP contribution in [0.4, 0.5) is 0 Å². The fraction of sp³-hybridized carbons (Fsp3) is 0.529. The smallest absolute Gasteiger partial charge is 1.00 e. The van der Waals surface area contributed by atoms with E-state index in [-0.39, 0.29) is 37.2 Å². The molecule has 0 amide bonds. The second-order valence-electron chi connectivity index (χ2n) is 5.45. The summed E-state index contributed by atoms with van der Waals surface area (Å²) in [6.07, 6.45) is 1.25. The number of benzene rings is 1. The van der Waals surface area contributed by atoms with Crippen LogP contribution in [0.2, 0.25) is 0 Å². The first-order valence-corrected chi connectivity index (χ1v) is 8.12. The third kappa shape index (κ3) is 5.00. The van der Waals surface area contributed by atoms with Crippen molar-refractivity contribution in [1.82, 2.24) is 4.90 Å². The Morgan fingerprint density at radius 3 is 2.18 bits per heavy atom. The summed E-state index contributed by atoms with van der Waals surface area (Å²) in [5.41, 5.74) is 6.17. The molecule has 0 aliphatic heterocycles. The molecule has 1 aromatic carbocycles. The zero-order chi connectivity index (χ0) is 14.0. The molecular formula is C17H24Cl3NTi. The van der Waals surface area contributed by atoms with Gasteiger partial charge in [0.1, 0.15) is 0 Å². The Hall–Kier alpha value is 0.504. The monoisotopic (exact) mass is 395 g/mol. The summed E-state index contributed by atoms with van der Waals surface area (Å²) in [5.74, 6) is 0.635. The zero-order valence-corrected chi connectivity index (χ0v) is 17.5. The van der Waals surface area contributed by atoms with Crippen LogP contribution in [-0.4, -0.2) is 24.5 Å². The maximum absolute atomic E-state index is 2.52. The maximum atomic E-state index is 2.52. The molecule has 1 aliphatic carbocycles. The van der Waals surface area contributed by atoms with E-state index in [9.17, 15) is 0 Å². The van der Waals surface area contributed by atoms with Gasteiger partial charge >= 0.3 is 129 Å². The molecule has 0 fully saturated rings. The Balaban J connectivity index is 0. The SMILES string of the molecule is CCN(CC)CCC1C(C)=C(C)c2[c]([Ti+3])cccc21.[Cl-].[Cl-].[Cl-]. The Morgan fingerprint density at radius 2 is 1.64 bits per heavy atom. The van der Waals surface area contributed by atoms with Crippen LogP contribution in [0, 0.1) is 0 Å². The summed E-state index contributed by atoms with van der Waals surface area (Å²) in [4.78, 5) is 2.52. The number of allylic oxidation sites excluding steroid dienone is 2. The molecule has 122 valence electrons. The van der Waals surface area contributed by atoms with Crippen LogP contribution in [0.25, 0.3) is 5.57 Å². The van der Waals surface area contributed by atoms with Crippen molar-refractivity contribution in [2.24, 2.45) is 0 Å². The van der Waals surface area contributed by atoms with E-state index in [0.717, 1.165) is 13.1 Å². The number of halogens is 3. The summed E-state index contributed by atoms with van der Waals surface area (Å²) < 4.78 is 1.43. The van der Waals surface area contributed by atoms with Gasteiger partial charge in [-0.3, -0.25) is 0 Å². The molecular weight excluding hydrogens is 372 g/mol. The first-order valence-electron chi connectivity index (χ1n) is 7.34. The quantitative estimate of drug-likeness (QED) is 0.449. The topological polar surface area (TPSA) is 3.24 Å². The van der Waals surface area contributed by atoms with Crippen LogP contribution in [0.15, 0.2) is 23.8 Å². The second-order valence-corrected chi connectivity index (χ2v) is 6.29. The largest absolute Gasteiger partial charge is 1.00 e. The molecule has 0 saturated heterocycles. The van der Waals surface area contributed by atoms with E-state index >= 15 is 0 Å². The Kier molecular flexibility index (Phi) is 12.5. The van der Waals surface area contributed by atoms with E-state index in [1.807, 2.05) is 0 Å². The average Bonchev–Trinajstić information content (AvgIpc) is 2.65. The van der Waals surface area contributed by atoms with Gasteiger partial charge in [0, 0.05) is 0 Å². The van der Waals surface area contributed by atoms with Crippen LogP contribution >= 0.6 is 0 Å². The van der Waals surface area contributed by atoms with Crippen molar-refractivity contribution < 1.29 is 57.7 Å². The van der Waals surface area contributed by atoms with Crippen LogP contribution in [-0.2, 0) is 20.4 Å². The molecule has 0 bridgehead atoms. The standard InChI is InChI=1S/C17H24N.3ClH.Ti/c1-5-18(6-2)12-11-16-14(4)13(3)15-9-7-8-10-17(15)16;;;;/h7-8,10,16H,5-6,11-12H2,1-4H3;3*1H;/q;;;;+3/p-3. The van der Waals surface area contributed by atoms with Crippen molar-refractivity contribution in [3.05, 3.63) is 34.9 Å². The molecule has 1 atom stereocenters. The van der Waals surface area contributed by atoms with Crippen molar-refractivity contribution >= 4 is 9.44 Å². The third-order valence-corrected chi connectivity index (χ3v) is 5.24. The predicted molar refractivity (Wildman–Crippen MR) is 79.5 cm³/mol. The van der Waals surface area contributed by atoms with Gasteiger partial charge in [0.25, 0.3) is 0 Å². The summed E-state index contributed by atoms with van der Waals surface area (Å²) in [6, 6.07) is 6.78. The fourth-order valence-electron chi connectivity index (χ4n) is 3.19. The van der Waals surface area contributed by atoms with Gasteiger partial charge in [-0.1, -0.05) is 0 Å². The summed E-state index contributed by atoms with van der Waals surface area (Å²) in [5, 5.41) is 0. The summed E-state index contributed by atoms with van der Waals surface area (Å²) in [7, 11) is 0. The molecule has 0 radical (unpaired) electrons. The fourth-order valence-corrected chi connectivity index (χ4v) is 3.86. The minimum Gasteiger partial charge on any atom is -1.00 e. The predicted octanol–water partition coefficient (Wildman–Crippen LogP) is -5.51. The van der Waals surface area contributed by atoms with E-state index in [4.69, 9.17) is 0 Å². The van der Waals surface area contributed by atoms with Gasteiger partial charge < -0.3 is 37.2 Å². The molecule has 1 aromatic rings. The van der Waals surface area contributed by atoms with Gasteiger partial charge in [-0.2, -0.15) is 0 Å². The van der Waals surface area contributed by atoms with Gasteiger partial charge in [-0.25, -0.2) is 0 Å². The minimum absolute atomic E-state index is 0. The molecule has 1 aliphatic rings. The molecule has 0 aromatic heterocycles. The van der Waals surface area contributed by atoms with Gasteiger partial charge in [-0.05, 0) is 0 Å². The number of fused-ring (bicyclic) bond motifs is 1. The Morgan fingerprint density at radius 1 is 1.05 bits per heavy atom. The van der Waals surface area contributed by atoms with Crippen molar-refractivity contribution in [2.75, 3.05) is 19.6 Å². The van der Waals surface area contributed by atoms with Gasteiger partial charge in [0.05, 0.1) is 0 Å². The molecule has 1 nitrogen and oxygen atoms in total. The average molecular weight is 397 g/mol. The molecule has 22 heavy (non-hydrogen) atoms. The molecule has 0 saturated carbocycles. The van der Waals surface area contributed by atoms with Gasteiger partial charge in [-0.15, -0.1) is 0 Å². The number of nitrogens with zero attached hydrogens (tertiary/aromatic N) is 1. The number of hydrogen-bond donors (Lipinski definition) is 0. The number of hydrogen-bond acceptors (Lipinski definition) is 1. The van der Waals surface area contributed by atoms with Crippen LogP contribution < -0.4 is 41.1 Å². The van der Waals surface area contributed by atoms with Crippen LogP contribution in [0.5, 0.6) is 0 Å². The van der Waals surface area contributed by atoms with E-state index < -0.39 is 0 Å². The normalized spacial score (nSPS) is 15.9. The molecule has 0 N–H and O–H groups in total. The third-order valence-electron chi connectivity index (χ3n) is 4.59. The first-order chi connectivity index (χ1) is 9.10. The van der Waals surface area contributed by atoms with E-state index in [1.54, 1.807) is 11.1 Å². The van der Waals surface area contributed by atoms with Crippen LogP contribution in [0.1, 0.15) is 51.2 Å². The molecule has 2 rings (SSSR count). The van der Waals surface area contributed by atoms with Crippen molar-refractivity contribution in [3.8, 4) is 0 Å². The molecule has 5 heteroatoms. The Labute approximate surface area is 165 Å². The van der Waals surface area contributed by atoms with Crippen molar-refractivity contribution in [3.63, 3.8) is 0 Å². The number of rotatable bonds is 5. The van der Waals surface area contributed by atoms with E-state index in [0.29, 0.717) is 5.92 Å². The molecule has 0 spiro atoms. The van der Waals surface area contributed by atoms with Gasteiger partial charge in [0.15, 0.2) is 0 Å². The van der Waals surface area contributed by atoms with Crippen molar-refractivity contribution in [1.29, 1.82) is 0 Å². The minimum atomic E-state index is 0. The van der Waals surface area contributed by atoms with Gasteiger partial charge in [0.2, 0.25) is 0 Å². The maximum Gasteiger partial charge on any atom is -1.00 e. The molecule has 0 heterocycles. The first kappa shape index (κ1) is 24.8. The van der Waals surface area contributed by atoms with Crippen molar-refractivity contribution in [2.45, 2.75) is 40.0 Å². The second kappa shape index (κ2) is 11.1. The Bertz CT molecular complexity index is 499. The molecule has 1 unspecified atom stereocenters. The van der Waals surface area contributed by atoms with Crippen LogP contribution in [0.3, 0.4) is 0 Å². The summed E-state index contributed by atoms with van der Waals surface area (Å²) in [6.45, 7) is 12.6. The van der Waals surface area contributed by atoms with E-state index in [2.05, 4.69) is 71.2 Å².